The molecule has 4 aromatic heterocycles. The number of nitrogens with two attached hydrogens (primary N) is 2. The van der Waals surface area contributed by atoms with Gasteiger partial charge in [-0.15, -0.1) is 0 Å². The first-order chi connectivity index (χ1) is 15.1. The fourth-order valence-electron chi connectivity index (χ4n) is 3.28. The average molecular weight is 420 g/mol. The lowest BCUT2D eigenvalue weighted by atomic mass is 10.2. The van der Waals surface area contributed by atoms with Gasteiger partial charge < -0.3 is 11.5 Å². The van der Waals surface area contributed by atoms with Crippen LogP contribution in [0.5, 0.6) is 0 Å². The maximum absolute atomic E-state index is 14.9. The Bertz CT molecular complexity index is 1370. The van der Waals surface area contributed by atoms with E-state index in [9.17, 15) is 8.78 Å². The second-order valence-corrected chi connectivity index (χ2v) is 6.42. The minimum Gasteiger partial charge on any atom is -0.405 e. The first-order valence-corrected chi connectivity index (χ1v) is 8.97. The zero-order valence-electron chi connectivity index (χ0n) is 15.8. The molecule has 0 saturated carbocycles. The predicted octanol–water partition coefficient (Wildman–Crippen LogP) is 1.98. The molecule has 4 heterocycles. The largest absolute Gasteiger partial charge is 0.405 e. The van der Waals surface area contributed by atoms with Gasteiger partial charge in [0.15, 0.2) is 0 Å². The van der Waals surface area contributed by atoms with Gasteiger partial charge in [0.2, 0.25) is 17.8 Å². The van der Waals surface area contributed by atoms with Gasteiger partial charge in [0.1, 0.15) is 24.3 Å². The van der Waals surface area contributed by atoms with Crippen LogP contribution in [0.15, 0.2) is 55.8 Å². The number of imidazole rings is 2. The van der Waals surface area contributed by atoms with Gasteiger partial charge in [-0.25, -0.2) is 18.7 Å². The molecule has 12 heteroatoms. The Morgan fingerprint density at radius 1 is 0.839 bits per heavy atom. The van der Waals surface area contributed by atoms with Crippen molar-refractivity contribution in [2.75, 3.05) is 5.73 Å². The van der Waals surface area contributed by atoms with Crippen LogP contribution in [-0.2, 0) is 0 Å². The van der Waals surface area contributed by atoms with E-state index in [1.165, 1.54) is 29.5 Å². The summed E-state index contributed by atoms with van der Waals surface area (Å²) in [5.74, 6) is -0.981. The van der Waals surface area contributed by atoms with Gasteiger partial charge >= 0.3 is 0 Å². The summed E-state index contributed by atoms with van der Waals surface area (Å²) in [4.78, 5) is 21.3. The first-order valence-electron chi connectivity index (χ1n) is 8.97. The lowest BCUT2D eigenvalue weighted by Crippen LogP contribution is -2.13. The van der Waals surface area contributed by atoms with Crippen molar-refractivity contribution < 1.29 is 8.78 Å². The number of aromatic nitrogens is 8. The highest BCUT2D eigenvalue weighted by atomic mass is 19.1. The van der Waals surface area contributed by atoms with Crippen molar-refractivity contribution in [1.29, 1.82) is 0 Å². The highest BCUT2D eigenvalue weighted by Gasteiger charge is 2.24. The maximum atomic E-state index is 14.9. The molecule has 0 spiro atoms. The topological polar surface area (TPSA) is 131 Å². The molecule has 0 fully saturated rings. The molecule has 0 unspecified atom stereocenters. The van der Waals surface area contributed by atoms with Gasteiger partial charge in [-0.2, -0.15) is 15.0 Å². The van der Waals surface area contributed by atoms with Crippen molar-refractivity contribution in [3.05, 3.63) is 73.1 Å². The number of nitrogen functional groups attached to an aromatic ring is 1. The van der Waals surface area contributed by atoms with Crippen LogP contribution in [0, 0.1) is 11.6 Å². The Labute approximate surface area is 173 Å². The van der Waals surface area contributed by atoms with E-state index in [0.29, 0.717) is 0 Å². The number of halogens is 2. The third-order valence-corrected chi connectivity index (χ3v) is 4.61. The minimum atomic E-state index is -0.700. The van der Waals surface area contributed by atoms with Crippen LogP contribution < -0.4 is 11.5 Å². The van der Waals surface area contributed by atoms with E-state index in [0.717, 1.165) is 12.1 Å². The van der Waals surface area contributed by atoms with Gasteiger partial charge in [0.25, 0.3) is 0 Å². The molecule has 0 atom stereocenters. The smallest absolute Gasteiger partial charge is 0.241 e. The predicted molar refractivity (Wildman–Crippen MR) is 108 cm³/mol. The van der Waals surface area contributed by atoms with E-state index in [1.807, 2.05) is 0 Å². The summed E-state index contributed by atoms with van der Waals surface area (Å²) in [6.07, 6.45) is 12.0. The zero-order chi connectivity index (χ0) is 21.5. The van der Waals surface area contributed by atoms with Gasteiger partial charge in [-0.3, -0.25) is 13.7 Å². The SMILES string of the molecule is N/C=C\c1c(N)c2c(F)ccc(F)c2n1-c1nc(-n2ccnc2)nc(-n2ccnc2)n1. The lowest BCUT2D eigenvalue weighted by molar-refractivity contribution is 0.614. The highest BCUT2D eigenvalue weighted by molar-refractivity contribution is 5.98. The molecule has 0 bridgehead atoms. The molecule has 0 saturated heterocycles. The van der Waals surface area contributed by atoms with Crippen molar-refractivity contribution in [2.45, 2.75) is 0 Å². The monoisotopic (exact) mass is 420 g/mol. The van der Waals surface area contributed by atoms with E-state index in [2.05, 4.69) is 24.9 Å². The summed E-state index contributed by atoms with van der Waals surface area (Å²) in [7, 11) is 0. The van der Waals surface area contributed by atoms with Gasteiger partial charge in [0, 0.05) is 24.8 Å². The molecule has 0 amide bonds. The molecule has 0 aliphatic heterocycles. The fourth-order valence-corrected chi connectivity index (χ4v) is 3.28. The minimum absolute atomic E-state index is 0.00157. The number of hydrogen-bond donors (Lipinski definition) is 2. The molecule has 5 aromatic rings. The molecule has 0 aliphatic carbocycles. The third-order valence-electron chi connectivity index (χ3n) is 4.61. The Balaban J connectivity index is 1.89. The molecule has 5 rings (SSSR count). The van der Waals surface area contributed by atoms with Gasteiger partial charge in [-0.05, 0) is 24.4 Å². The summed E-state index contributed by atoms with van der Waals surface area (Å²) >= 11 is 0. The fraction of sp³-hybridized carbons (Fsp3) is 0. The van der Waals surface area contributed by atoms with Crippen LogP contribution in [0.3, 0.4) is 0 Å². The van der Waals surface area contributed by atoms with Crippen molar-refractivity contribution in [3.8, 4) is 17.8 Å². The Kier molecular flexibility index (Phi) is 4.17. The van der Waals surface area contributed by atoms with Crippen molar-refractivity contribution in [3.63, 3.8) is 0 Å². The maximum Gasteiger partial charge on any atom is 0.241 e. The van der Waals surface area contributed by atoms with E-state index in [-0.39, 0.29) is 40.1 Å². The van der Waals surface area contributed by atoms with Crippen LogP contribution in [-0.4, -0.2) is 38.6 Å². The summed E-state index contributed by atoms with van der Waals surface area (Å²) in [6, 6.07) is 2.02. The van der Waals surface area contributed by atoms with Crippen LogP contribution >= 0.6 is 0 Å². The van der Waals surface area contributed by atoms with Crippen LogP contribution in [0.1, 0.15) is 5.69 Å². The third kappa shape index (κ3) is 2.88. The van der Waals surface area contributed by atoms with Crippen molar-refractivity contribution in [2.24, 2.45) is 5.73 Å². The Morgan fingerprint density at radius 3 is 1.97 bits per heavy atom. The number of fused-ring (bicyclic) bond motifs is 1. The molecule has 31 heavy (non-hydrogen) atoms. The molecule has 0 radical (unpaired) electrons. The summed E-state index contributed by atoms with van der Waals surface area (Å²) in [6.45, 7) is 0. The Hall–Kier alpha value is -4.61. The number of rotatable bonds is 4. The number of anilines is 1. The number of nitrogens with zero attached hydrogens (tertiary/aromatic N) is 8. The first kappa shape index (κ1) is 18.4. The molecule has 0 aliphatic rings. The quantitative estimate of drug-likeness (QED) is 0.454. The molecule has 4 N–H and O–H groups in total. The normalized spacial score (nSPS) is 11.7. The molecular formula is C19H14F2N10. The highest BCUT2D eigenvalue weighted by Crippen LogP contribution is 2.35. The van der Waals surface area contributed by atoms with Crippen molar-refractivity contribution >= 4 is 22.7 Å². The Morgan fingerprint density at radius 2 is 1.42 bits per heavy atom. The summed E-state index contributed by atoms with van der Waals surface area (Å²) < 4.78 is 33.9. The van der Waals surface area contributed by atoms with E-state index in [4.69, 9.17) is 11.5 Å². The average Bonchev–Trinajstić information content (AvgIpc) is 3.53. The summed E-state index contributed by atoms with van der Waals surface area (Å²) in [5.41, 5.74) is 11.8. The molecule has 154 valence electrons. The molecule has 10 nitrogen and oxygen atoms in total. The zero-order valence-corrected chi connectivity index (χ0v) is 15.8. The van der Waals surface area contributed by atoms with Crippen LogP contribution in [0.2, 0.25) is 0 Å². The number of benzene rings is 1. The second-order valence-electron chi connectivity index (χ2n) is 6.42. The molecular weight excluding hydrogens is 406 g/mol. The molecule has 1 aromatic carbocycles. The van der Waals surface area contributed by atoms with E-state index >= 15 is 0 Å². The lowest BCUT2D eigenvalue weighted by Gasteiger charge is -2.11. The van der Waals surface area contributed by atoms with Crippen LogP contribution in [0.4, 0.5) is 14.5 Å². The summed E-state index contributed by atoms with van der Waals surface area (Å²) in [5, 5.41) is -0.0955. The number of hydrogen-bond acceptors (Lipinski definition) is 7. The van der Waals surface area contributed by atoms with Gasteiger partial charge in [-0.1, -0.05) is 0 Å². The standard InChI is InChI=1S/C19H14F2N10/c20-11-1-2-12(21)16-14(11)15(23)13(3-4-22)31(16)19-27-17(29-7-5-24-9-29)26-18(28-19)30-8-6-25-10-30/h1-10H,22-23H2/b4-3-. The van der Waals surface area contributed by atoms with Gasteiger partial charge in [0.05, 0.1) is 22.3 Å². The van der Waals surface area contributed by atoms with E-state index < -0.39 is 11.6 Å². The van der Waals surface area contributed by atoms with Crippen molar-refractivity contribution in [1.82, 2.24) is 38.6 Å². The second kappa shape index (κ2) is 7.02. The van der Waals surface area contributed by atoms with E-state index in [1.54, 1.807) is 33.9 Å². The van der Waals surface area contributed by atoms with Crippen LogP contribution in [0.25, 0.3) is 34.8 Å².